The van der Waals surface area contributed by atoms with E-state index >= 15 is 0 Å². The van der Waals surface area contributed by atoms with Gasteiger partial charge in [0, 0.05) is 12.6 Å². The van der Waals surface area contributed by atoms with Gasteiger partial charge in [0.1, 0.15) is 0 Å². The third kappa shape index (κ3) is 2.31. The van der Waals surface area contributed by atoms with Crippen LogP contribution in [0.25, 0.3) is 5.65 Å². The van der Waals surface area contributed by atoms with Crippen molar-refractivity contribution in [2.75, 3.05) is 13.1 Å². The number of fused-ring (bicyclic) bond motifs is 1. The van der Waals surface area contributed by atoms with Gasteiger partial charge in [-0.3, -0.25) is 0 Å². The summed E-state index contributed by atoms with van der Waals surface area (Å²) in [4.78, 5) is 4.58. The second-order valence-electron chi connectivity index (χ2n) is 4.93. The molecule has 17 heavy (non-hydrogen) atoms. The Bertz CT molecular complexity index is 511. The summed E-state index contributed by atoms with van der Waals surface area (Å²) >= 11 is 0. The molecule has 0 spiro atoms. The predicted molar refractivity (Wildman–Crippen MR) is 67.0 cm³/mol. The molecular weight excluding hydrogens is 212 g/mol. The third-order valence-electron chi connectivity index (χ3n) is 3.45. The number of nitrogens with one attached hydrogen (secondary N) is 1. The molecule has 0 bridgehead atoms. The number of nitrogens with zero attached hydrogens (tertiary/aromatic N) is 3. The zero-order valence-electron chi connectivity index (χ0n) is 10.2. The van der Waals surface area contributed by atoms with Gasteiger partial charge in [-0.05, 0) is 50.4 Å². The van der Waals surface area contributed by atoms with Gasteiger partial charge in [0.2, 0.25) is 0 Å². The maximum Gasteiger partial charge on any atom is 0.155 e. The maximum absolute atomic E-state index is 4.58. The summed E-state index contributed by atoms with van der Waals surface area (Å²) in [7, 11) is 0. The largest absolute Gasteiger partial charge is 0.317 e. The molecule has 0 unspecified atom stereocenters. The maximum atomic E-state index is 4.58. The van der Waals surface area contributed by atoms with Gasteiger partial charge in [0.15, 0.2) is 11.5 Å². The average molecular weight is 230 g/mol. The Kier molecular flexibility index (Phi) is 2.81. The van der Waals surface area contributed by atoms with Crippen LogP contribution in [0.1, 0.15) is 24.2 Å². The Morgan fingerprint density at radius 2 is 2.18 bits per heavy atom. The first-order valence-corrected chi connectivity index (χ1v) is 6.34. The summed E-state index contributed by atoms with van der Waals surface area (Å²) < 4.78 is 1.89. The van der Waals surface area contributed by atoms with Crippen LogP contribution in [0.3, 0.4) is 0 Å². The van der Waals surface area contributed by atoms with Crippen molar-refractivity contribution < 1.29 is 0 Å². The number of pyridine rings is 1. The van der Waals surface area contributed by atoms with Crippen LogP contribution in [-0.4, -0.2) is 27.7 Å². The van der Waals surface area contributed by atoms with Crippen molar-refractivity contribution in [3.05, 3.63) is 29.7 Å². The summed E-state index contributed by atoms with van der Waals surface area (Å²) in [6.45, 7) is 4.35. The van der Waals surface area contributed by atoms with Crippen molar-refractivity contribution in [3.8, 4) is 0 Å². The van der Waals surface area contributed by atoms with E-state index in [0.717, 1.165) is 36.9 Å². The fourth-order valence-electron chi connectivity index (χ4n) is 2.46. The number of aromatic nitrogens is 3. The molecule has 0 radical (unpaired) electrons. The van der Waals surface area contributed by atoms with Gasteiger partial charge in [-0.1, -0.05) is 6.07 Å². The molecule has 0 aromatic carbocycles. The molecule has 0 amide bonds. The van der Waals surface area contributed by atoms with Gasteiger partial charge in [-0.15, -0.1) is 0 Å². The quantitative estimate of drug-likeness (QED) is 0.851. The standard InChI is InChI=1S/C13H18N4/c1-10-2-3-13-15-12(16-17(13)9-10)8-11-4-6-14-7-5-11/h2-3,9,11,14H,4-8H2,1H3. The molecule has 3 rings (SSSR count). The third-order valence-corrected chi connectivity index (χ3v) is 3.45. The lowest BCUT2D eigenvalue weighted by molar-refractivity contribution is 0.367. The van der Waals surface area contributed by atoms with E-state index in [2.05, 4.69) is 28.4 Å². The van der Waals surface area contributed by atoms with Crippen LogP contribution in [0.2, 0.25) is 0 Å². The van der Waals surface area contributed by atoms with Gasteiger partial charge in [0.05, 0.1) is 0 Å². The van der Waals surface area contributed by atoms with Crippen molar-refractivity contribution >= 4 is 5.65 Å². The van der Waals surface area contributed by atoms with E-state index in [-0.39, 0.29) is 0 Å². The van der Waals surface area contributed by atoms with Crippen molar-refractivity contribution in [3.63, 3.8) is 0 Å². The summed E-state index contributed by atoms with van der Waals surface area (Å²) in [6, 6.07) is 4.12. The van der Waals surface area contributed by atoms with Gasteiger partial charge in [0.25, 0.3) is 0 Å². The minimum Gasteiger partial charge on any atom is -0.317 e. The summed E-state index contributed by atoms with van der Waals surface area (Å²) in [5, 5.41) is 7.94. The van der Waals surface area contributed by atoms with E-state index in [1.54, 1.807) is 0 Å². The molecule has 4 nitrogen and oxygen atoms in total. The minimum absolute atomic E-state index is 0.745. The smallest absolute Gasteiger partial charge is 0.155 e. The zero-order chi connectivity index (χ0) is 11.7. The molecule has 90 valence electrons. The molecule has 1 saturated heterocycles. The fraction of sp³-hybridized carbons (Fsp3) is 0.538. The van der Waals surface area contributed by atoms with Crippen molar-refractivity contribution in [1.82, 2.24) is 19.9 Å². The highest BCUT2D eigenvalue weighted by Crippen LogP contribution is 2.16. The highest BCUT2D eigenvalue weighted by molar-refractivity contribution is 5.38. The van der Waals surface area contributed by atoms with E-state index in [0.29, 0.717) is 0 Å². The summed E-state index contributed by atoms with van der Waals surface area (Å²) in [5.74, 6) is 1.73. The molecule has 2 aromatic rings. The zero-order valence-corrected chi connectivity index (χ0v) is 10.2. The van der Waals surface area contributed by atoms with Crippen LogP contribution in [0.15, 0.2) is 18.3 Å². The molecule has 0 atom stereocenters. The number of aryl methyl sites for hydroxylation is 1. The van der Waals surface area contributed by atoms with Crippen LogP contribution in [-0.2, 0) is 6.42 Å². The second kappa shape index (κ2) is 4.45. The Morgan fingerprint density at radius 1 is 1.35 bits per heavy atom. The first-order chi connectivity index (χ1) is 8.31. The highest BCUT2D eigenvalue weighted by atomic mass is 15.3. The van der Waals surface area contributed by atoms with Crippen molar-refractivity contribution in [2.24, 2.45) is 5.92 Å². The molecule has 1 fully saturated rings. The lowest BCUT2D eigenvalue weighted by atomic mass is 9.94. The van der Waals surface area contributed by atoms with Gasteiger partial charge < -0.3 is 5.32 Å². The Balaban J connectivity index is 1.80. The van der Waals surface area contributed by atoms with Crippen molar-refractivity contribution in [1.29, 1.82) is 0 Å². The number of hydrogen-bond acceptors (Lipinski definition) is 3. The molecule has 4 heteroatoms. The van der Waals surface area contributed by atoms with Crippen LogP contribution in [0.5, 0.6) is 0 Å². The molecule has 1 aliphatic heterocycles. The van der Waals surface area contributed by atoms with Gasteiger partial charge in [-0.25, -0.2) is 9.50 Å². The normalized spacial score (nSPS) is 17.7. The highest BCUT2D eigenvalue weighted by Gasteiger charge is 2.16. The monoisotopic (exact) mass is 230 g/mol. The molecule has 3 heterocycles. The predicted octanol–water partition coefficient (Wildman–Crippen LogP) is 1.58. The number of rotatable bonds is 2. The molecule has 0 saturated carbocycles. The van der Waals surface area contributed by atoms with Gasteiger partial charge in [-0.2, -0.15) is 5.10 Å². The fourth-order valence-corrected chi connectivity index (χ4v) is 2.46. The van der Waals surface area contributed by atoms with Gasteiger partial charge >= 0.3 is 0 Å². The molecule has 1 aliphatic rings. The Morgan fingerprint density at radius 3 is 3.00 bits per heavy atom. The molecular formula is C13H18N4. The summed E-state index contributed by atoms with van der Waals surface area (Å²) in [5.41, 5.74) is 2.18. The van der Waals surface area contributed by atoms with E-state index in [1.807, 2.05) is 16.8 Å². The Hall–Kier alpha value is -1.42. The van der Waals surface area contributed by atoms with Crippen LogP contribution in [0.4, 0.5) is 0 Å². The first kappa shape index (κ1) is 10.7. The van der Waals surface area contributed by atoms with Crippen molar-refractivity contribution in [2.45, 2.75) is 26.2 Å². The van der Waals surface area contributed by atoms with E-state index < -0.39 is 0 Å². The molecule has 2 aromatic heterocycles. The van der Waals surface area contributed by atoms with E-state index in [1.165, 1.54) is 18.4 Å². The topological polar surface area (TPSA) is 42.2 Å². The lowest BCUT2D eigenvalue weighted by Gasteiger charge is -2.20. The number of piperidine rings is 1. The SMILES string of the molecule is Cc1ccc2nc(CC3CCNCC3)nn2c1. The van der Waals surface area contributed by atoms with Crippen LogP contribution in [0, 0.1) is 12.8 Å². The number of hydrogen-bond donors (Lipinski definition) is 1. The Labute approximate surface area is 101 Å². The minimum atomic E-state index is 0.745. The molecule has 0 aliphatic carbocycles. The molecule has 1 N–H and O–H groups in total. The average Bonchev–Trinajstić information content (AvgIpc) is 2.71. The second-order valence-corrected chi connectivity index (χ2v) is 4.93. The van der Waals surface area contributed by atoms with Crippen LogP contribution < -0.4 is 5.32 Å². The van der Waals surface area contributed by atoms with Crippen LogP contribution >= 0.6 is 0 Å². The van der Waals surface area contributed by atoms with E-state index in [4.69, 9.17) is 0 Å². The summed E-state index contributed by atoms with van der Waals surface area (Å²) in [6.07, 6.45) is 5.54. The first-order valence-electron chi connectivity index (χ1n) is 6.34. The van der Waals surface area contributed by atoms with E-state index in [9.17, 15) is 0 Å². The lowest BCUT2D eigenvalue weighted by Crippen LogP contribution is -2.28.